The number of hydrogen-bond donors (Lipinski definition) is 0. The lowest BCUT2D eigenvalue weighted by molar-refractivity contribution is 0.0593. The molecule has 5 heteroatoms. The molecular weight excluding hydrogens is 333 g/mol. The van der Waals surface area contributed by atoms with Crippen molar-refractivity contribution in [3.63, 3.8) is 0 Å². The summed E-state index contributed by atoms with van der Waals surface area (Å²) in [5.74, 6) is -0.673. The molecule has 0 saturated carbocycles. The Labute approximate surface area is 125 Å². The van der Waals surface area contributed by atoms with Gasteiger partial charge in [-0.25, -0.2) is 4.39 Å². The molecule has 2 bridgehead atoms. The molecule has 0 aromatic heterocycles. The van der Waals surface area contributed by atoms with Crippen molar-refractivity contribution < 1.29 is 9.18 Å². The number of fused-ring (bicyclic) bond motifs is 2. The summed E-state index contributed by atoms with van der Waals surface area (Å²) in [4.78, 5) is 14.5. The highest BCUT2D eigenvalue weighted by Gasteiger charge is 2.43. The summed E-state index contributed by atoms with van der Waals surface area (Å²) in [6, 6.07) is 4.96. The second kappa shape index (κ2) is 5.06. The van der Waals surface area contributed by atoms with Crippen LogP contribution in [0.25, 0.3) is 0 Å². The second-order valence-corrected chi connectivity index (χ2v) is 6.73. The van der Waals surface area contributed by atoms with Gasteiger partial charge in [-0.05, 0) is 53.7 Å². The predicted octanol–water partition coefficient (Wildman–Crippen LogP) is 3.96. The van der Waals surface area contributed by atoms with Crippen LogP contribution in [0.3, 0.4) is 0 Å². The molecule has 0 aliphatic carbocycles. The Balaban J connectivity index is 1.93. The van der Waals surface area contributed by atoms with E-state index in [1.807, 2.05) is 4.90 Å². The summed E-state index contributed by atoms with van der Waals surface area (Å²) in [5.41, 5.74) is 0.146. The zero-order valence-electron chi connectivity index (χ0n) is 10.3. The van der Waals surface area contributed by atoms with Gasteiger partial charge in [-0.1, -0.05) is 6.07 Å². The minimum absolute atomic E-state index is 0.144. The summed E-state index contributed by atoms with van der Waals surface area (Å²) in [6.45, 7) is 0. The number of carbonyl (C=O) groups is 1. The maximum absolute atomic E-state index is 13.9. The molecule has 2 fully saturated rings. The van der Waals surface area contributed by atoms with Gasteiger partial charge in [0.15, 0.2) is 0 Å². The molecule has 102 valence electrons. The molecule has 2 heterocycles. The topological polar surface area (TPSA) is 20.3 Å². The molecule has 2 atom stereocenters. The van der Waals surface area contributed by atoms with Crippen LogP contribution in [0.5, 0.6) is 0 Å². The van der Waals surface area contributed by atoms with Gasteiger partial charge in [-0.3, -0.25) is 4.79 Å². The van der Waals surface area contributed by atoms with Crippen LogP contribution in [0.1, 0.15) is 36.0 Å². The molecule has 2 saturated heterocycles. The molecule has 0 N–H and O–H groups in total. The number of piperidine rings is 1. The van der Waals surface area contributed by atoms with E-state index in [1.165, 1.54) is 6.07 Å². The van der Waals surface area contributed by atoms with Gasteiger partial charge < -0.3 is 4.90 Å². The maximum atomic E-state index is 13.9. The molecular formula is C14H14BrClFNO. The third-order valence-electron chi connectivity index (χ3n) is 4.09. The number of rotatable bonds is 1. The van der Waals surface area contributed by atoms with Gasteiger partial charge in [-0.15, -0.1) is 11.6 Å². The van der Waals surface area contributed by atoms with Gasteiger partial charge in [0.2, 0.25) is 0 Å². The number of alkyl halides is 1. The van der Waals surface area contributed by atoms with Crippen molar-refractivity contribution in [2.24, 2.45) is 0 Å². The van der Waals surface area contributed by atoms with Crippen molar-refractivity contribution in [1.82, 2.24) is 4.90 Å². The fourth-order valence-electron chi connectivity index (χ4n) is 3.27. The van der Waals surface area contributed by atoms with Crippen LogP contribution >= 0.6 is 27.5 Å². The van der Waals surface area contributed by atoms with E-state index in [0.717, 1.165) is 25.7 Å². The van der Waals surface area contributed by atoms with Gasteiger partial charge in [0.25, 0.3) is 5.91 Å². The minimum Gasteiger partial charge on any atom is -0.332 e. The Hall–Kier alpha value is -0.610. The Morgan fingerprint density at radius 2 is 1.95 bits per heavy atom. The molecule has 0 radical (unpaired) electrons. The summed E-state index contributed by atoms with van der Waals surface area (Å²) in [6.07, 6.45) is 3.59. The van der Waals surface area contributed by atoms with Crippen LogP contribution in [0.2, 0.25) is 0 Å². The van der Waals surface area contributed by atoms with E-state index < -0.39 is 5.82 Å². The van der Waals surface area contributed by atoms with Crippen molar-refractivity contribution >= 4 is 33.4 Å². The zero-order chi connectivity index (χ0) is 13.6. The second-order valence-electron chi connectivity index (χ2n) is 5.26. The molecule has 2 nitrogen and oxygen atoms in total. The van der Waals surface area contributed by atoms with E-state index in [-0.39, 0.29) is 28.9 Å². The smallest absolute Gasteiger partial charge is 0.258 e. The lowest BCUT2D eigenvalue weighted by atomic mass is 10.0. The van der Waals surface area contributed by atoms with Crippen molar-refractivity contribution in [1.29, 1.82) is 0 Å². The van der Waals surface area contributed by atoms with Gasteiger partial charge >= 0.3 is 0 Å². The molecule has 19 heavy (non-hydrogen) atoms. The van der Waals surface area contributed by atoms with Crippen LogP contribution in [-0.4, -0.2) is 28.3 Å². The van der Waals surface area contributed by atoms with Crippen molar-refractivity contribution in [2.75, 3.05) is 0 Å². The fourth-order valence-corrected chi connectivity index (χ4v) is 4.20. The quantitative estimate of drug-likeness (QED) is 0.705. The first-order valence-electron chi connectivity index (χ1n) is 6.48. The predicted molar refractivity (Wildman–Crippen MR) is 76.0 cm³/mol. The average molecular weight is 347 g/mol. The van der Waals surface area contributed by atoms with Crippen molar-refractivity contribution in [3.8, 4) is 0 Å². The first-order valence-corrected chi connectivity index (χ1v) is 7.71. The Kier molecular flexibility index (Phi) is 3.56. The highest BCUT2D eigenvalue weighted by molar-refractivity contribution is 9.10. The normalized spacial score (nSPS) is 29.6. The number of nitrogens with zero attached hydrogens (tertiary/aromatic N) is 1. The van der Waals surface area contributed by atoms with Gasteiger partial charge in [0, 0.05) is 21.9 Å². The Bertz CT molecular complexity index is 490. The highest BCUT2D eigenvalue weighted by Crippen LogP contribution is 2.39. The van der Waals surface area contributed by atoms with E-state index in [2.05, 4.69) is 15.9 Å². The largest absolute Gasteiger partial charge is 0.332 e. The first kappa shape index (κ1) is 13.4. The lowest BCUT2D eigenvalue weighted by Gasteiger charge is -2.37. The Morgan fingerprint density at radius 1 is 1.32 bits per heavy atom. The van der Waals surface area contributed by atoms with Crippen LogP contribution in [0.4, 0.5) is 4.39 Å². The van der Waals surface area contributed by atoms with Crippen molar-refractivity contribution in [3.05, 3.63) is 34.1 Å². The van der Waals surface area contributed by atoms with E-state index in [4.69, 9.17) is 11.6 Å². The minimum atomic E-state index is -0.466. The number of halogens is 3. The molecule has 1 amide bonds. The van der Waals surface area contributed by atoms with Crippen LogP contribution in [0.15, 0.2) is 22.7 Å². The SMILES string of the molecule is O=C(c1c(F)cccc1Br)N1C2CCC1CC(Cl)C2. The summed E-state index contributed by atoms with van der Waals surface area (Å²) in [5, 5.41) is 0.144. The molecule has 0 spiro atoms. The molecule has 1 aromatic carbocycles. The third-order valence-corrected chi connectivity index (χ3v) is 5.10. The third kappa shape index (κ3) is 2.29. The van der Waals surface area contributed by atoms with Crippen LogP contribution < -0.4 is 0 Å². The molecule has 2 aliphatic rings. The van der Waals surface area contributed by atoms with Gasteiger partial charge in [0.05, 0.1) is 5.56 Å². The van der Waals surface area contributed by atoms with Crippen molar-refractivity contribution in [2.45, 2.75) is 43.1 Å². The number of carbonyl (C=O) groups excluding carboxylic acids is 1. The summed E-state index contributed by atoms with van der Waals surface area (Å²) >= 11 is 9.48. The number of hydrogen-bond acceptors (Lipinski definition) is 1. The fraction of sp³-hybridized carbons (Fsp3) is 0.500. The number of benzene rings is 1. The average Bonchev–Trinajstić information content (AvgIpc) is 2.61. The van der Waals surface area contributed by atoms with Gasteiger partial charge in [-0.2, -0.15) is 0 Å². The molecule has 3 rings (SSSR count). The maximum Gasteiger partial charge on any atom is 0.258 e. The summed E-state index contributed by atoms with van der Waals surface area (Å²) in [7, 11) is 0. The van der Waals surface area contributed by atoms with E-state index in [9.17, 15) is 9.18 Å². The standard InChI is InChI=1S/C14H14BrClFNO/c15-11-2-1-3-12(17)13(11)14(19)18-9-4-5-10(18)7-8(16)6-9/h1-3,8-10H,4-7H2. The Morgan fingerprint density at radius 3 is 2.53 bits per heavy atom. The van der Waals surface area contributed by atoms with E-state index in [1.54, 1.807) is 12.1 Å². The molecule has 2 aliphatic heterocycles. The van der Waals surface area contributed by atoms with E-state index >= 15 is 0 Å². The monoisotopic (exact) mass is 345 g/mol. The molecule has 1 aromatic rings. The highest BCUT2D eigenvalue weighted by atomic mass is 79.9. The summed E-state index contributed by atoms with van der Waals surface area (Å²) < 4.78 is 14.4. The van der Waals surface area contributed by atoms with Gasteiger partial charge in [0.1, 0.15) is 5.82 Å². The lowest BCUT2D eigenvalue weighted by Crippen LogP contribution is -2.47. The van der Waals surface area contributed by atoms with Crippen LogP contribution in [-0.2, 0) is 0 Å². The number of amides is 1. The zero-order valence-corrected chi connectivity index (χ0v) is 12.6. The first-order chi connectivity index (χ1) is 9.08. The molecule has 2 unspecified atom stereocenters. The van der Waals surface area contributed by atoms with E-state index in [0.29, 0.717) is 4.47 Å². The van der Waals surface area contributed by atoms with Crippen LogP contribution in [0, 0.1) is 5.82 Å².